The van der Waals surface area contributed by atoms with Crippen molar-refractivity contribution in [3.05, 3.63) is 148 Å². The van der Waals surface area contributed by atoms with Gasteiger partial charge in [0.1, 0.15) is 23.9 Å². The molecule has 5 aromatic carbocycles. The Morgan fingerprint density at radius 1 is 0.804 bits per heavy atom. The molecule has 0 fully saturated rings. The molecule has 0 radical (unpaired) electrons. The number of carbonyl (C=O) groups is 2. The van der Waals surface area contributed by atoms with Crippen LogP contribution in [0, 0.1) is 40.5 Å². The molecule has 1 N–H and O–H groups in total. The first-order valence-corrected chi connectivity index (χ1v) is 15.5. The number of fused-ring (bicyclic) bond motifs is 1. The molecular weight excluding hydrogens is 690 g/mol. The quantitative estimate of drug-likeness (QED) is 0.0264. The van der Waals surface area contributed by atoms with Gasteiger partial charge in [0.15, 0.2) is 23.2 Å². The van der Waals surface area contributed by atoms with E-state index >= 15 is 4.39 Å². The molecule has 0 aromatic heterocycles. The van der Waals surface area contributed by atoms with E-state index in [-0.39, 0.29) is 63.1 Å². The van der Waals surface area contributed by atoms with Gasteiger partial charge in [-0.1, -0.05) is 48.2 Å². The highest BCUT2D eigenvalue weighted by atomic mass is 35.5. The molecule has 0 bridgehead atoms. The Morgan fingerprint density at radius 3 is 2.29 bits per heavy atom. The third-order valence-electron chi connectivity index (χ3n) is 7.29. The fourth-order valence-corrected chi connectivity index (χ4v) is 4.92. The van der Waals surface area contributed by atoms with E-state index in [1.807, 2.05) is 0 Å². The standard InChI is InChI=1S/C39H26ClF4NO6/c1-2-34(46)49-19-3-18-48-33-15-11-25-20-26(10-14-29(25)38(33)44)39(47)51-31-16-17-32(35(40)30(31)21-45)50-22-27-9-8-24(36(42)37(27)43)7-4-23-5-12-28(41)13-6-23/h2,5-6,8-17,20-21,45H,1,3,18-19,22H2. The van der Waals surface area contributed by atoms with Gasteiger partial charge in [0.2, 0.25) is 0 Å². The molecule has 0 saturated heterocycles. The lowest BCUT2D eigenvalue weighted by Crippen LogP contribution is -2.10. The zero-order chi connectivity index (χ0) is 36.5. The van der Waals surface area contributed by atoms with Crippen LogP contribution in [0.1, 0.15) is 39.0 Å². The van der Waals surface area contributed by atoms with Crippen LogP contribution in [-0.2, 0) is 16.1 Å². The average molecular weight is 716 g/mol. The third kappa shape index (κ3) is 8.73. The van der Waals surface area contributed by atoms with Gasteiger partial charge < -0.3 is 24.4 Å². The molecule has 0 saturated carbocycles. The number of hydrogen-bond acceptors (Lipinski definition) is 7. The molecule has 51 heavy (non-hydrogen) atoms. The average Bonchev–Trinajstić information content (AvgIpc) is 3.13. The molecule has 258 valence electrons. The highest BCUT2D eigenvalue weighted by Crippen LogP contribution is 2.35. The number of halogens is 5. The Hall–Kier alpha value is -6.12. The van der Waals surface area contributed by atoms with E-state index in [1.54, 1.807) is 6.07 Å². The van der Waals surface area contributed by atoms with Crippen molar-refractivity contribution >= 4 is 40.5 Å². The predicted molar refractivity (Wildman–Crippen MR) is 183 cm³/mol. The van der Waals surface area contributed by atoms with Gasteiger partial charge in [-0.25, -0.2) is 27.2 Å². The number of nitrogens with one attached hydrogen (secondary N) is 1. The second kappa shape index (κ2) is 16.5. The van der Waals surface area contributed by atoms with Crippen LogP contribution < -0.4 is 14.2 Å². The maximum absolute atomic E-state index is 15.1. The summed E-state index contributed by atoms with van der Waals surface area (Å²) in [4.78, 5) is 24.2. The zero-order valence-corrected chi connectivity index (χ0v) is 27.3. The molecule has 0 heterocycles. The first kappa shape index (κ1) is 36.2. The van der Waals surface area contributed by atoms with Crippen molar-refractivity contribution in [1.82, 2.24) is 0 Å². The topological polar surface area (TPSA) is 94.9 Å². The van der Waals surface area contributed by atoms with E-state index in [9.17, 15) is 22.8 Å². The second-order valence-electron chi connectivity index (χ2n) is 10.7. The van der Waals surface area contributed by atoms with E-state index in [1.165, 1.54) is 72.8 Å². The van der Waals surface area contributed by atoms with Crippen LogP contribution in [0.4, 0.5) is 17.6 Å². The zero-order valence-electron chi connectivity index (χ0n) is 26.5. The van der Waals surface area contributed by atoms with Crippen molar-refractivity contribution < 1.29 is 46.1 Å². The van der Waals surface area contributed by atoms with Gasteiger partial charge >= 0.3 is 11.9 Å². The molecule has 0 aliphatic rings. The lowest BCUT2D eigenvalue weighted by Gasteiger charge is -2.14. The fourth-order valence-electron chi connectivity index (χ4n) is 4.66. The van der Waals surface area contributed by atoms with Gasteiger partial charge in [-0.2, -0.15) is 0 Å². The summed E-state index contributed by atoms with van der Waals surface area (Å²) in [5, 5.41) is 8.30. The van der Waals surface area contributed by atoms with Crippen LogP contribution in [-0.4, -0.2) is 31.4 Å². The maximum atomic E-state index is 15.1. The Balaban J connectivity index is 1.24. The van der Waals surface area contributed by atoms with E-state index in [0.29, 0.717) is 17.4 Å². The minimum Gasteiger partial charge on any atom is -0.490 e. The molecule has 0 unspecified atom stereocenters. The molecular formula is C39H26ClF4NO6. The first-order chi connectivity index (χ1) is 24.6. The molecule has 5 aromatic rings. The summed E-state index contributed by atoms with van der Waals surface area (Å²) in [7, 11) is 0. The highest BCUT2D eigenvalue weighted by molar-refractivity contribution is 6.34. The van der Waals surface area contributed by atoms with Gasteiger partial charge in [0, 0.05) is 35.2 Å². The number of carbonyl (C=O) groups excluding carboxylic acids is 2. The van der Waals surface area contributed by atoms with Crippen LogP contribution in [0.5, 0.6) is 17.2 Å². The van der Waals surface area contributed by atoms with E-state index in [2.05, 4.69) is 18.4 Å². The SMILES string of the molecule is C=CC(=O)OCCCOc1ccc2cc(C(=O)Oc3ccc(OCc4ccc(C#Cc5ccc(F)cc5)c(F)c4F)c(Cl)c3C=N)ccc2c1F. The number of ether oxygens (including phenoxy) is 4. The largest absolute Gasteiger partial charge is 0.490 e. The molecule has 0 atom stereocenters. The summed E-state index contributed by atoms with van der Waals surface area (Å²) in [6.07, 6.45) is 2.21. The molecule has 7 nitrogen and oxygen atoms in total. The number of benzene rings is 5. The maximum Gasteiger partial charge on any atom is 0.343 e. The lowest BCUT2D eigenvalue weighted by atomic mass is 10.1. The van der Waals surface area contributed by atoms with Crippen molar-refractivity contribution in [2.45, 2.75) is 13.0 Å². The van der Waals surface area contributed by atoms with Crippen molar-refractivity contribution in [3.8, 4) is 29.1 Å². The van der Waals surface area contributed by atoms with Gasteiger partial charge in [0.25, 0.3) is 0 Å². The van der Waals surface area contributed by atoms with E-state index in [0.717, 1.165) is 12.3 Å². The summed E-state index contributed by atoms with van der Waals surface area (Å²) in [5.41, 5.74) is 0.135. The summed E-state index contributed by atoms with van der Waals surface area (Å²) in [6, 6.07) is 17.6. The van der Waals surface area contributed by atoms with Crippen molar-refractivity contribution in [2.24, 2.45) is 0 Å². The minimum atomic E-state index is -1.19. The Kier molecular flexibility index (Phi) is 11.7. The second-order valence-corrected chi connectivity index (χ2v) is 11.0. The number of hydrogen-bond donors (Lipinski definition) is 1. The van der Waals surface area contributed by atoms with Crippen molar-refractivity contribution in [2.75, 3.05) is 13.2 Å². The van der Waals surface area contributed by atoms with Gasteiger partial charge in [-0.05, 0) is 66.0 Å². The van der Waals surface area contributed by atoms with Crippen LogP contribution in [0.3, 0.4) is 0 Å². The normalized spacial score (nSPS) is 10.5. The molecule has 0 aliphatic heterocycles. The fraction of sp³-hybridized carbons (Fsp3) is 0.103. The monoisotopic (exact) mass is 715 g/mol. The predicted octanol–water partition coefficient (Wildman–Crippen LogP) is 8.74. The molecule has 0 amide bonds. The Bertz CT molecular complexity index is 2210. The first-order valence-electron chi connectivity index (χ1n) is 15.2. The van der Waals surface area contributed by atoms with Crippen LogP contribution >= 0.6 is 11.6 Å². The summed E-state index contributed by atoms with van der Waals surface area (Å²) in [5.74, 6) is 0.231. The molecule has 12 heteroatoms. The molecule has 5 rings (SSSR count). The van der Waals surface area contributed by atoms with E-state index in [4.69, 9.17) is 36.0 Å². The van der Waals surface area contributed by atoms with E-state index < -0.39 is 41.8 Å². The highest BCUT2D eigenvalue weighted by Gasteiger charge is 2.19. The number of esters is 2. The van der Waals surface area contributed by atoms with Crippen LogP contribution in [0.2, 0.25) is 5.02 Å². The summed E-state index contributed by atoms with van der Waals surface area (Å²) < 4.78 is 79.3. The van der Waals surface area contributed by atoms with Gasteiger partial charge in [-0.15, -0.1) is 0 Å². The smallest absolute Gasteiger partial charge is 0.343 e. The van der Waals surface area contributed by atoms with Crippen molar-refractivity contribution in [1.29, 1.82) is 5.41 Å². The Labute approximate surface area is 294 Å². The van der Waals surface area contributed by atoms with Crippen molar-refractivity contribution in [3.63, 3.8) is 0 Å². The molecule has 0 spiro atoms. The Morgan fingerprint density at radius 2 is 1.55 bits per heavy atom. The van der Waals surface area contributed by atoms with Crippen LogP contribution in [0.15, 0.2) is 91.5 Å². The van der Waals surface area contributed by atoms with Crippen LogP contribution in [0.25, 0.3) is 10.8 Å². The third-order valence-corrected chi connectivity index (χ3v) is 7.68. The summed E-state index contributed by atoms with van der Waals surface area (Å²) >= 11 is 6.44. The van der Waals surface area contributed by atoms with Gasteiger partial charge in [0.05, 0.1) is 34.9 Å². The molecule has 0 aliphatic carbocycles. The summed E-state index contributed by atoms with van der Waals surface area (Å²) in [6.45, 7) is 3.05. The lowest BCUT2D eigenvalue weighted by molar-refractivity contribution is -0.137. The van der Waals surface area contributed by atoms with Gasteiger partial charge in [-0.3, -0.25) is 0 Å². The number of rotatable bonds is 12. The minimum absolute atomic E-state index is 0.00642.